The number of carbonyl (C=O) groups is 1. The highest BCUT2D eigenvalue weighted by atomic mass is 32.2. The van der Waals surface area contributed by atoms with Gasteiger partial charge in [0.25, 0.3) is 0 Å². The third kappa shape index (κ3) is 3.50. The molecule has 0 bridgehead atoms. The van der Waals surface area contributed by atoms with Crippen molar-refractivity contribution >= 4 is 35.1 Å². The molecule has 0 saturated heterocycles. The Labute approximate surface area is 140 Å². The number of amides is 1. The van der Waals surface area contributed by atoms with Crippen LogP contribution >= 0.6 is 23.5 Å². The molecule has 22 heavy (non-hydrogen) atoms. The Morgan fingerprint density at radius 3 is 2.68 bits per heavy atom. The molecular weight excluding hydrogens is 310 g/mol. The number of hydrogen-bond donors (Lipinski definition) is 0. The second kappa shape index (κ2) is 7.25. The molecule has 2 nitrogen and oxygen atoms in total. The highest BCUT2D eigenvalue weighted by Crippen LogP contribution is 2.35. The summed E-state index contributed by atoms with van der Waals surface area (Å²) in [6.07, 6.45) is 1.04. The van der Waals surface area contributed by atoms with E-state index in [0.717, 1.165) is 29.3 Å². The Kier molecular flexibility index (Phi) is 5.11. The Morgan fingerprint density at radius 1 is 1.14 bits per heavy atom. The molecule has 1 aliphatic rings. The lowest BCUT2D eigenvalue weighted by atomic mass is 10.2. The van der Waals surface area contributed by atoms with Crippen LogP contribution in [0, 0.1) is 0 Å². The smallest absolute Gasteiger partial charge is 0.240 e. The van der Waals surface area contributed by atoms with Gasteiger partial charge in [0, 0.05) is 16.3 Å². The Hall–Kier alpha value is -1.39. The third-order valence-corrected chi connectivity index (χ3v) is 5.86. The Bertz CT molecular complexity index is 645. The van der Waals surface area contributed by atoms with Gasteiger partial charge < -0.3 is 4.90 Å². The van der Waals surface area contributed by atoms with Crippen LogP contribution in [-0.4, -0.2) is 23.5 Å². The third-order valence-electron chi connectivity index (χ3n) is 3.61. The average Bonchev–Trinajstić information content (AvgIpc) is 2.77. The molecule has 3 rings (SSSR count). The van der Waals surface area contributed by atoms with E-state index in [1.165, 1.54) is 4.90 Å². The second-order valence-electron chi connectivity index (χ2n) is 5.23. The number of thioether (sulfide) groups is 2. The zero-order chi connectivity index (χ0) is 15.4. The lowest BCUT2D eigenvalue weighted by Gasteiger charge is -2.25. The molecule has 0 aromatic heterocycles. The zero-order valence-electron chi connectivity index (χ0n) is 12.6. The van der Waals surface area contributed by atoms with Crippen LogP contribution in [0.5, 0.6) is 0 Å². The maximum Gasteiger partial charge on any atom is 0.240 e. The van der Waals surface area contributed by atoms with E-state index in [4.69, 9.17) is 0 Å². The van der Waals surface area contributed by atoms with E-state index in [-0.39, 0.29) is 11.2 Å². The summed E-state index contributed by atoms with van der Waals surface area (Å²) >= 11 is 3.47. The number of rotatable bonds is 3. The van der Waals surface area contributed by atoms with Crippen molar-refractivity contribution in [1.82, 2.24) is 0 Å². The summed E-state index contributed by atoms with van der Waals surface area (Å²) in [5.74, 6) is 1.27. The van der Waals surface area contributed by atoms with Gasteiger partial charge in [-0.3, -0.25) is 4.79 Å². The van der Waals surface area contributed by atoms with E-state index in [9.17, 15) is 4.79 Å². The molecule has 114 valence electrons. The minimum absolute atomic E-state index is 0.0847. The van der Waals surface area contributed by atoms with E-state index in [1.807, 2.05) is 53.9 Å². The molecule has 4 heteroatoms. The zero-order valence-corrected chi connectivity index (χ0v) is 14.2. The van der Waals surface area contributed by atoms with Crippen LogP contribution in [0.4, 0.5) is 5.69 Å². The van der Waals surface area contributed by atoms with E-state index in [2.05, 4.69) is 24.3 Å². The molecule has 0 aliphatic carbocycles. The maximum atomic E-state index is 12.9. The molecule has 1 unspecified atom stereocenters. The summed E-state index contributed by atoms with van der Waals surface area (Å²) < 4.78 is 0. The predicted molar refractivity (Wildman–Crippen MR) is 95.9 cm³/mol. The van der Waals surface area contributed by atoms with Crippen molar-refractivity contribution in [2.75, 3.05) is 17.2 Å². The second-order valence-corrected chi connectivity index (χ2v) is 7.78. The van der Waals surface area contributed by atoms with Gasteiger partial charge >= 0.3 is 0 Å². The highest BCUT2D eigenvalue weighted by Gasteiger charge is 2.25. The van der Waals surface area contributed by atoms with Crippen molar-refractivity contribution in [2.24, 2.45) is 0 Å². The minimum Gasteiger partial charge on any atom is -0.310 e. The van der Waals surface area contributed by atoms with Gasteiger partial charge in [0.15, 0.2) is 0 Å². The molecule has 1 aliphatic heterocycles. The van der Waals surface area contributed by atoms with E-state index in [1.54, 1.807) is 11.8 Å². The lowest BCUT2D eigenvalue weighted by molar-refractivity contribution is -0.117. The Morgan fingerprint density at radius 2 is 1.86 bits per heavy atom. The standard InChI is InChI=1S/C18H19NOS2/c1-14(22-15-8-3-2-4-9-15)18(20)19-12-7-13-21-17-11-6-5-10-16(17)19/h2-6,8-11,14H,7,12-13H2,1H3. The quantitative estimate of drug-likeness (QED) is 0.762. The molecule has 1 heterocycles. The van der Waals surface area contributed by atoms with Gasteiger partial charge in [-0.2, -0.15) is 0 Å². The van der Waals surface area contributed by atoms with Crippen molar-refractivity contribution in [3.8, 4) is 0 Å². The number of anilines is 1. The van der Waals surface area contributed by atoms with Crippen LogP contribution in [-0.2, 0) is 4.79 Å². The van der Waals surface area contributed by atoms with Gasteiger partial charge in [-0.25, -0.2) is 0 Å². The molecule has 0 radical (unpaired) electrons. The van der Waals surface area contributed by atoms with Crippen LogP contribution in [0.15, 0.2) is 64.4 Å². The number of hydrogen-bond acceptors (Lipinski definition) is 3. The topological polar surface area (TPSA) is 20.3 Å². The summed E-state index contributed by atoms with van der Waals surface area (Å²) in [7, 11) is 0. The Balaban J connectivity index is 1.79. The molecule has 2 aromatic rings. The molecule has 0 N–H and O–H groups in total. The fourth-order valence-corrected chi connectivity index (χ4v) is 4.47. The first-order valence-electron chi connectivity index (χ1n) is 7.50. The summed E-state index contributed by atoms with van der Waals surface area (Å²) in [6.45, 7) is 2.81. The van der Waals surface area contributed by atoms with E-state index in [0.29, 0.717) is 0 Å². The monoisotopic (exact) mass is 329 g/mol. The fraction of sp³-hybridized carbons (Fsp3) is 0.278. The van der Waals surface area contributed by atoms with Gasteiger partial charge in [-0.1, -0.05) is 30.3 Å². The van der Waals surface area contributed by atoms with Crippen molar-refractivity contribution < 1.29 is 4.79 Å². The SMILES string of the molecule is CC(Sc1ccccc1)C(=O)N1CCCSc2ccccc21. The van der Waals surface area contributed by atoms with Crippen LogP contribution in [0.3, 0.4) is 0 Å². The normalized spacial score (nSPS) is 15.8. The van der Waals surface area contributed by atoms with Crippen molar-refractivity contribution in [3.05, 3.63) is 54.6 Å². The average molecular weight is 329 g/mol. The van der Waals surface area contributed by atoms with Crippen molar-refractivity contribution in [3.63, 3.8) is 0 Å². The van der Waals surface area contributed by atoms with Crippen molar-refractivity contribution in [2.45, 2.75) is 28.4 Å². The number of nitrogens with zero attached hydrogens (tertiary/aromatic N) is 1. The summed E-state index contributed by atoms with van der Waals surface area (Å²) in [5.41, 5.74) is 1.07. The molecule has 0 fully saturated rings. The molecule has 2 aromatic carbocycles. The van der Waals surface area contributed by atoms with Gasteiger partial charge in [-0.15, -0.1) is 23.5 Å². The predicted octanol–water partition coefficient (Wildman–Crippen LogP) is 4.70. The van der Waals surface area contributed by atoms with Gasteiger partial charge in [-0.05, 0) is 43.4 Å². The first-order valence-corrected chi connectivity index (χ1v) is 9.37. The number of carbonyl (C=O) groups excluding carboxylic acids is 1. The van der Waals surface area contributed by atoms with Crippen LogP contribution < -0.4 is 4.90 Å². The number of fused-ring (bicyclic) bond motifs is 1. The largest absolute Gasteiger partial charge is 0.310 e. The number of para-hydroxylation sites is 1. The van der Waals surface area contributed by atoms with Crippen LogP contribution in [0.25, 0.3) is 0 Å². The highest BCUT2D eigenvalue weighted by molar-refractivity contribution is 8.00. The fourth-order valence-electron chi connectivity index (χ4n) is 2.53. The molecular formula is C18H19NOS2. The van der Waals surface area contributed by atoms with E-state index < -0.39 is 0 Å². The first kappa shape index (κ1) is 15.5. The molecule has 1 amide bonds. The molecule has 0 saturated carbocycles. The molecule has 0 spiro atoms. The first-order chi connectivity index (χ1) is 10.8. The van der Waals surface area contributed by atoms with Crippen LogP contribution in [0.1, 0.15) is 13.3 Å². The maximum absolute atomic E-state index is 12.9. The van der Waals surface area contributed by atoms with Crippen molar-refractivity contribution in [1.29, 1.82) is 0 Å². The lowest BCUT2D eigenvalue weighted by Crippen LogP contribution is -2.37. The van der Waals surface area contributed by atoms with Gasteiger partial charge in [0.2, 0.25) is 5.91 Å². The van der Waals surface area contributed by atoms with E-state index >= 15 is 0 Å². The summed E-state index contributed by atoms with van der Waals surface area (Å²) in [5, 5.41) is -0.0847. The minimum atomic E-state index is -0.0847. The van der Waals surface area contributed by atoms with Gasteiger partial charge in [0.1, 0.15) is 0 Å². The molecule has 1 atom stereocenters. The number of benzene rings is 2. The summed E-state index contributed by atoms with van der Waals surface area (Å²) in [4.78, 5) is 17.2. The summed E-state index contributed by atoms with van der Waals surface area (Å²) in [6, 6.07) is 18.4. The van der Waals surface area contributed by atoms with Crippen LogP contribution in [0.2, 0.25) is 0 Å². The van der Waals surface area contributed by atoms with Gasteiger partial charge in [0.05, 0.1) is 10.9 Å².